The minimum absolute atomic E-state index is 0.0739. The van der Waals surface area contributed by atoms with Crippen LogP contribution < -0.4 is 0 Å². The van der Waals surface area contributed by atoms with Gasteiger partial charge in [0.1, 0.15) is 6.10 Å². The Balaban J connectivity index is 1.85. The van der Waals surface area contributed by atoms with Crippen molar-refractivity contribution >= 4 is 5.97 Å². The van der Waals surface area contributed by atoms with Crippen molar-refractivity contribution in [3.63, 3.8) is 0 Å². The molecule has 21 heavy (non-hydrogen) atoms. The molecule has 1 aliphatic rings. The van der Waals surface area contributed by atoms with Crippen molar-refractivity contribution in [2.24, 2.45) is 0 Å². The van der Waals surface area contributed by atoms with E-state index in [9.17, 15) is 4.79 Å². The van der Waals surface area contributed by atoms with Gasteiger partial charge in [0.25, 0.3) is 0 Å². The lowest BCUT2D eigenvalue weighted by molar-refractivity contribution is -0.145. The minimum atomic E-state index is -0.248. The molecule has 1 fully saturated rings. The lowest BCUT2D eigenvalue weighted by Gasteiger charge is -2.28. The molecule has 1 aliphatic carbocycles. The first-order valence-corrected chi connectivity index (χ1v) is 8.05. The van der Waals surface area contributed by atoms with Crippen LogP contribution >= 0.6 is 0 Å². The predicted octanol–water partition coefficient (Wildman–Crippen LogP) is 4.78. The Morgan fingerprint density at radius 3 is 2.33 bits per heavy atom. The zero-order valence-electron chi connectivity index (χ0n) is 13.2. The van der Waals surface area contributed by atoms with Crippen LogP contribution in [-0.2, 0) is 16.0 Å². The van der Waals surface area contributed by atoms with Gasteiger partial charge in [0, 0.05) is 5.57 Å². The maximum atomic E-state index is 11.5. The fraction of sp³-hybridized carbons (Fsp3) is 0.526. The third kappa shape index (κ3) is 4.45. The van der Waals surface area contributed by atoms with E-state index in [0.29, 0.717) is 11.5 Å². The van der Waals surface area contributed by atoms with Crippen molar-refractivity contribution in [3.05, 3.63) is 47.5 Å². The van der Waals surface area contributed by atoms with Gasteiger partial charge in [-0.3, -0.25) is 0 Å². The molecule has 2 heteroatoms. The van der Waals surface area contributed by atoms with Crippen LogP contribution in [0.1, 0.15) is 63.0 Å². The number of hydrogen-bond acceptors (Lipinski definition) is 2. The van der Waals surface area contributed by atoms with Gasteiger partial charge in [-0.2, -0.15) is 0 Å². The first kappa shape index (κ1) is 15.8. The zero-order chi connectivity index (χ0) is 15.2. The average Bonchev–Trinajstić information content (AvgIpc) is 2.49. The van der Waals surface area contributed by atoms with Crippen molar-refractivity contribution in [2.45, 2.75) is 64.4 Å². The van der Waals surface area contributed by atoms with Crippen LogP contribution in [0, 0.1) is 0 Å². The summed E-state index contributed by atoms with van der Waals surface area (Å²) < 4.78 is 5.45. The highest BCUT2D eigenvalue weighted by Crippen LogP contribution is 2.34. The van der Waals surface area contributed by atoms with Crippen LogP contribution in [0.15, 0.2) is 36.4 Å². The van der Waals surface area contributed by atoms with E-state index in [2.05, 4.69) is 37.8 Å². The quantitative estimate of drug-likeness (QED) is 0.575. The monoisotopic (exact) mass is 286 g/mol. The van der Waals surface area contributed by atoms with Crippen LogP contribution in [0.2, 0.25) is 0 Å². The lowest BCUT2D eigenvalue weighted by Crippen LogP contribution is -2.24. The molecule has 0 amide bonds. The molecule has 1 aromatic carbocycles. The average molecular weight is 286 g/mol. The lowest BCUT2D eigenvalue weighted by atomic mass is 9.82. The van der Waals surface area contributed by atoms with E-state index in [4.69, 9.17) is 4.74 Å². The molecule has 0 unspecified atom stereocenters. The molecule has 0 radical (unpaired) electrons. The summed E-state index contributed by atoms with van der Waals surface area (Å²) in [5, 5.41) is 0. The van der Waals surface area contributed by atoms with Gasteiger partial charge in [-0.25, -0.2) is 4.79 Å². The Kier molecular flexibility index (Phi) is 5.60. The van der Waals surface area contributed by atoms with E-state index in [0.717, 1.165) is 32.1 Å². The van der Waals surface area contributed by atoms with Gasteiger partial charge >= 0.3 is 5.97 Å². The molecule has 2 nitrogen and oxygen atoms in total. The molecule has 0 spiro atoms. The van der Waals surface area contributed by atoms with Crippen molar-refractivity contribution < 1.29 is 9.53 Å². The highest BCUT2D eigenvalue weighted by Gasteiger charge is 2.24. The molecule has 0 N–H and O–H groups in total. The SMILES string of the molecule is C=C(C)C(=O)OC1CCC(c2ccc(CCC)cc2)CC1. The van der Waals surface area contributed by atoms with Gasteiger partial charge in [-0.05, 0) is 56.1 Å². The third-order valence-corrected chi connectivity index (χ3v) is 4.29. The molecule has 1 aromatic rings. The Bertz CT molecular complexity index is 479. The second kappa shape index (κ2) is 7.44. The zero-order valence-corrected chi connectivity index (χ0v) is 13.2. The van der Waals surface area contributed by atoms with E-state index in [1.54, 1.807) is 6.92 Å². The molecule has 2 rings (SSSR count). The van der Waals surface area contributed by atoms with Gasteiger partial charge < -0.3 is 4.74 Å². The maximum absolute atomic E-state index is 11.5. The second-order valence-electron chi connectivity index (χ2n) is 6.15. The standard InChI is InChI=1S/C19H26O2/c1-4-5-15-6-8-16(9-7-15)17-10-12-18(13-11-17)21-19(20)14(2)3/h6-9,17-18H,2,4-5,10-13H2,1,3H3. The van der Waals surface area contributed by atoms with E-state index < -0.39 is 0 Å². The van der Waals surface area contributed by atoms with Gasteiger partial charge in [-0.15, -0.1) is 0 Å². The van der Waals surface area contributed by atoms with Crippen molar-refractivity contribution in [1.82, 2.24) is 0 Å². The molecular formula is C19H26O2. The number of ether oxygens (including phenoxy) is 1. The number of esters is 1. The van der Waals surface area contributed by atoms with E-state index in [1.165, 1.54) is 17.5 Å². The summed E-state index contributed by atoms with van der Waals surface area (Å²) in [4.78, 5) is 11.5. The summed E-state index contributed by atoms with van der Waals surface area (Å²) in [6.45, 7) is 7.54. The molecule has 0 bridgehead atoms. The van der Waals surface area contributed by atoms with Gasteiger partial charge in [0.2, 0.25) is 0 Å². The Labute approximate surface area is 128 Å². The summed E-state index contributed by atoms with van der Waals surface area (Å²) in [6.07, 6.45) is 6.54. The summed E-state index contributed by atoms with van der Waals surface area (Å²) >= 11 is 0. The van der Waals surface area contributed by atoms with Crippen LogP contribution in [0.3, 0.4) is 0 Å². The summed E-state index contributed by atoms with van der Waals surface area (Å²) in [7, 11) is 0. The molecule has 0 aliphatic heterocycles. The van der Waals surface area contributed by atoms with Crippen LogP contribution in [0.4, 0.5) is 0 Å². The highest BCUT2D eigenvalue weighted by atomic mass is 16.5. The van der Waals surface area contributed by atoms with E-state index >= 15 is 0 Å². The van der Waals surface area contributed by atoms with E-state index in [1.807, 2.05) is 0 Å². The van der Waals surface area contributed by atoms with Crippen molar-refractivity contribution in [3.8, 4) is 0 Å². The summed E-state index contributed by atoms with van der Waals surface area (Å²) in [6, 6.07) is 9.06. The second-order valence-corrected chi connectivity index (χ2v) is 6.15. The van der Waals surface area contributed by atoms with Gasteiger partial charge in [0.15, 0.2) is 0 Å². The minimum Gasteiger partial charge on any atom is -0.459 e. The maximum Gasteiger partial charge on any atom is 0.333 e. The first-order chi connectivity index (χ1) is 10.1. The van der Waals surface area contributed by atoms with Crippen LogP contribution in [-0.4, -0.2) is 12.1 Å². The molecule has 0 saturated heterocycles. The van der Waals surface area contributed by atoms with Crippen molar-refractivity contribution in [1.29, 1.82) is 0 Å². The number of aryl methyl sites for hydroxylation is 1. The first-order valence-electron chi connectivity index (χ1n) is 8.05. The molecule has 0 heterocycles. The number of benzene rings is 1. The molecule has 0 aromatic heterocycles. The van der Waals surface area contributed by atoms with Crippen molar-refractivity contribution in [2.75, 3.05) is 0 Å². The Morgan fingerprint density at radius 1 is 1.19 bits per heavy atom. The number of hydrogen-bond donors (Lipinski definition) is 0. The highest BCUT2D eigenvalue weighted by molar-refractivity contribution is 5.87. The smallest absolute Gasteiger partial charge is 0.333 e. The number of carbonyl (C=O) groups excluding carboxylic acids is 1. The number of rotatable bonds is 5. The normalized spacial score (nSPS) is 21.8. The van der Waals surface area contributed by atoms with E-state index in [-0.39, 0.29) is 12.1 Å². The molecule has 1 saturated carbocycles. The Hall–Kier alpha value is -1.57. The van der Waals surface area contributed by atoms with Gasteiger partial charge in [0.05, 0.1) is 0 Å². The van der Waals surface area contributed by atoms with Gasteiger partial charge in [-0.1, -0.05) is 44.2 Å². The fourth-order valence-corrected chi connectivity index (χ4v) is 3.01. The largest absolute Gasteiger partial charge is 0.459 e. The molecule has 0 atom stereocenters. The van der Waals surface area contributed by atoms with Crippen LogP contribution in [0.25, 0.3) is 0 Å². The number of carbonyl (C=O) groups is 1. The fourth-order valence-electron chi connectivity index (χ4n) is 3.01. The molecular weight excluding hydrogens is 260 g/mol. The Morgan fingerprint density at radius 2 is 1.81 bits per heavy atom. The van der Waals surface area contributed by atoms with Crippen LogP contribution in [0.5, 0.6) is 0 Å². The predicted molar refractivity (Wildman–Crippen MR) is 86.3 cm³/mol. The summed E-state index contributed by atoms with van der Waals surface area (Å²) in [5.74, 6) is 0.364. The summed E-state index contributed by atoms with van der Waals surface area (Å²) in [5.41, 5.74) is 3.34. The molecule has 114 valence electrons. The third-order valence-electron chi connectivity index (χ3n) is 4.29. The topological polar surface area (TPSA) is 26.3 Å².